The van der Waals surface area contributed by atoms with Gasteiger partial charge < -0.3 is 0 Å². The molecule has 0 aliphatic heterocycles. The van der Waals surface area contributed by atoms with Gasteiger partial charge in [-0.05, 0) is 36.3 Å². The minimum Gasteiger partial charge on any atom is -0.271 e. The summed E-state index contributed by atoms with van der Waals surface area (Å²) in [6, 6.07) is 8.22. The van der Waals surface area contributed by atoms with E-state index in [2.05, 4.69) is 18.4 Å². The quantitative estimate of drug-likeness (QED) is 0.637. The highest BCUT2D eigenvalue weighted by atomic mass is 35.5. The number of hydrogen-bond donors (Lipinski definition) is 2. The van der Waals surface area contributed by atoms with Crippen molar-refractivity contribution in [3.8, 4) is 0 Å². The Bertz CT molecular complexity index is 381. The Balaban J connectivity index is 2.15. The lowest BCUT2D eigenvalue weighted by Gasteiger charge is -2.34. The van der Waals surface area contributed by atoms with Gasteiger partial charge >= 0.3 is 0 Å². The van der Waals surface area contributed by atoms with Crippen molar-refractivity contribution in [1.29, 1.82) is 0 Å². The molecule has 0 bridgehead atoms. The molecule has 3 N–H and O–H groups in total. The molecule has 0 aromatic heterocycles. The Morgan fingerprint density at radius 2 is 2.17 bits per heavy atom. The molecular weight excluding hydrogens is 244 g/mol. The van der Waals surface area contributed by atoms with Crippen LogP contribution in [0.15, 0.2) is 24.3 Å². The molecular formula is C15H23ClN2. The third kappa shape index (κ3) is 3.05. The van der Waals surface area contributed by atoms with Gasteiger partial charge in [-0.15, -0.1) is 0 Å². The predicted molar refractivity (Wildman–Crippen MR) is 77.3 cm³/mol. The number of nitrogens with one attached hydrogen (secondary N) is 1. The van der Waals surface area contributed by atoms with Crippen LogP contribution in [-0.4, -0.2) is 0 Å². The van der Waals surface area contributed by atoms with E-state index in [1.807, 2.05) is 18.2 Å². The largest absolute Gasteiger partial charge is 0.271 e. The highest BCUT2D eigenvalue weighted by molar-refractivity contribution is 6.31. The van der Waals surface area contributed by atoms with Crippen LogP contribution in [0.2, 0.25) is 5.02 Å². The maximum absolute atomic E-state index is 6.29. The van der Waals surface area contributed by atoms with E-state index in [9.17, 15) is 0 Å². The van der Waals surface area contributed by atoms with Crippen LogP contribution in [0.25, 0.3) is 0 Å². The van der Waals surface area contributed by atoms with Gasteiger partial charge in [0.2, 0.25) is 0 Å². The number of rotatable bonds is 4. The summed E-state index contributed by atoms with van der Waals surface area (Å²) < 4.78 is 0. The van der Waals surface area contributed by atoms with Crippen LogP contribution in [-0.2, 0) is 0 Å². The number of halogens is 1. The molecule has 0 heterocycles. The Morgan fingerprint density at radius 3 is 2.83 bits per heavy atom. The zero-order valence-corrected chi connectivity index (χ0v) is 11.8. The lowest BCUT2D eigenvalue weighted by molar-refractivity contribution is 0.210. The van der Waals surface area contributed by atoms with Crippen molar-refractivity contribution < 1.29 is 0 Å². The Kier molecular flexibility index (Phi) is 5.04. The monoisotopic (exact) mass is 266 g/mol. The molecule has 2 rings (SSSR count). The molecule has 1 saturated carbocycles. The lowest BCUT2D eigenvalue weighted by atomic mass is 9.75. The van der Waals surface area contributed by atoms with E-state index in [1.54, 1.807) is 0 Å². The van der Waals surface area contributed by atoms with Crippen molar-refractivity contribution in [3.05, 3.63) is 34.9 Å². The van der Waals surface area contributed by atoms with E-state index < -0.39 is 0 Å². The average Bonchev–Trinajstić information content (AvgIpc) is 2.42. The van der Waals surface area contributed by atoms with Crippen LogP contribution in [0.4, 0.5) is 0 Å². The standard InChI is InChI=1S/C15H23ClN2/c1-2-11-6-5-7-12(10-11)15(18-17)13-8-3-4-9-14(13)16/h3-4,8-9,11-12,15,18H,2,5-7,10,17H2,1H3. The summed E-state index contributed by atoms with van der Waals surface area (Å²) in [5.41, 5.74) is 4.13. The van der Waals surface area contributed by atoms with Gasteiger partial charge in [-0.1, -0.05) is 56.0 Å². The van der Waals surface area contributed by atoms with E-state index in [0.29, 0.717) is 5.92 Å². The minimum atomic E-state index is 0.188. The highest BCUT2D eigenvalue weighted by Gasteiger charge is 2.29. The van der Waals surface area contributed by atoms with E-state index in [4.69, 9.17) is 17.4 Å². The summed E-state index contributed by atoms with van der Waals surface area (Å²) in [6.45, 7) is 2.29. The maximum atomic E-state index is 6.29. The fraction of sp³-hybridized carbons (Fsp3) is 0.600. The molecule has 0 radical (unpaired) electrons. The van der Waals surface area contributed by atoms with Gasteiger partial charge in [0.15, 0.2) is 0 Å². The number of benzene rings is 1. The number of nitrogens with two attached hydrogens (primary N) is 1. The molecule has 3 heteroatoms. The predicted octanol–water partition coefficient (Wildman–Crippen LogP) is 4.06. The Hall–Kier alpha value is -0.570. The molecule has 100 valence electrons. The molecule has 1 aliphatic carbocycles. The average molecular weight is 267 g/mol. The van der Waals surface area contributed by atoms with Crippen LogP contribution in [0.1, 0.15) is 50.6 Å². The summed E-state index contributed by atoms with van der Waals surface area (Å²) in [6.07, 6.45) is 6.46. The summed E-state index contributed by atoms with van der Waals surface area (Å²) in [5, 5.41) is 0.819. The van der Waals surface area contributed by atoms with E-state index in [0.717, 1.165) is 16.5 Å². The van der Waals surface area contributed by atoms with Crippen molar-refractivity contribution in [2.75, 3.05) is 0 Å². The van der Waals surface area contributed by atoms with E-state index in [-0.39, 0.29) is 6.04 Å². The third-order valence-electron chi connectivity index (χ3n) is 4.29. The normalized spacial score (nSPS) is 25.9. The minimum absolute atomic E-state index is 0.188. The summed E-state index contributed by atoms with van der Waals surface area (Å²) in [5.74, 6) is 7.24. The van der Waals surface area contributed by atoms with Crippen molar-refractivity contribution in [2.45, 2.75) is 45.1 Å². The van der Waals surface area contributed by atoms with Crippen molar-refractivity contribution in [1.82, 2.24) is 5.43 Å². The van der Waals surface area contributed by atoms with Gasteiger partial charge in [-0.2, -0.15) is 0 Å². The molecule has 3 unspecified atom stereocenters. The molecule has 0 amide bonds. The first-order valence-corrected chi connectivity index (χ1v) is 7.34. The van der Waals surface area contributed by atoms with Crippen LogP contribution >= 0.6 is 11.6 Å². The first-order chi connectivity index (χ1) is 8.76. The number of hydrazine groups is 1. The van der Waals surface area contributed by atoms with Gasteiger partial charge in [0.1, 0.15) is 0 Å². The van der Waals surface area contributed by atoms with Crippen LogP contribution in [0.3, 0.4) is 0 Å². The van der Waals surface area contributed by atoms with Crippen molar-refractivity contribution in [3.63, 3.8) is 0 Å². The lowest BCUT2D eigenvalue weighted by Crippen LogP contribution is -2.36. The fourth-order valence-electron chi connectivity index (χ4n) is 3.21. The molecule has 1 aliphatic rings. The summed E-state index contributed by atoms with van der Waals surface area (Å²) in [4.78, 5) is 0. The van der Waals surface area contributed by atoms with Crippen LogP contribution in [0.5, 0.6) is 0 Å². The second-order valence-electron chi connectivity index (χ2n) is 5.37. The van der Waals surface area contributed by atoms with Gasteiger partial charge in [0, 0.05) is 5.02 Å². The number of hydrogen-bond acceptors (Lipinski definition) is 2. The van der Waals surface area contributed by atoms with Crippen molar-refractivity contribution in [2.24, 2.45) is 17.7 Å². The third-order valence-corrected chi connectivity index (χ3v) is 4.64. The van der Waals surface area contributed by atoms with Crippen molar-refractivity contribution >= 4 is 11.6 Å². The molecule has 3 atom stereocenters. The zero-order chi connectivity index (χ0) is 13.0. The van der Waals surface area contributed by atoms with Gasteiger partial charge in [0.25, 0.3) is 0 Å². The first kappa shape index (κ1) is 13.9. The maximum Gasteiger partial charge on any atom is 0.0502 e. The summed E-state index contributed by atoms with van der Waals surface area (Å²) in [7, 11) is 0. The van der Waals surface area contributed by atoms with Crippen LogP contribution in [0, 0.1) is 11.8 Å². The van der Waals surface area contributed by atoms with E-state index >= 15 is 0 Å². The first-order valence-electron chi connectivity index (χ1n) is 6.96. The fourth-order valence-corrected chi connectivity index (χ4v) is 3.47. The second-order valence-corrected chi connectivity index (χ2v) is 5.77. The van der Waals surface area contributed by atoms with Gasteiger partial charge in [-0.25, -0.2) is 0 Å². The smallest absolute Gasteiger partial charge is 0.0502 e. The van der Waals surface area contributed by atoms with E-state index in [1.165, 1.54) is 32.1 Å². The van der Waals surface area contributed by atoms with Crippen LogP contribution < -0.4 is 11.3 Å². The topological polar surface area (TPSA) is 38.0 Å². The molecule has 1 aromatic carbocycles. The SMILES string of the molecule is CCC1CCCC(C(NN)c2ccccc2Cl)C1. The Morgan fingerprint density at radius 1 is 1.39 bits per heavy atom. The van der Waals surface area contributed by atoms with Gasteiger partial charge in [0.05, 0.1) is 6.04 Å². The van der Waals surface area contributed by atoms with Gasteiger partial charge in [-0.3, -0.25) is 11.3 Å². The second kappa shape index (κ2) is 6.55. The Labute approximate surface area is 115 Å². The highest BCUT2D eigenvalue weighted by Crippen LogP contribution is 2.39. The molecule has 1 fully saturated rings. The molecule has 0 saturated heterocycles. The summed E-state index contributed by atoms with van der Waals surface area (Å²) >= 11 is 6.29. The zero-order valence-electron chi connectivity index (χ0n) is 11.0. The molecule has 0 spiro atoms. The molecule has 1 aromatic rings. The molecule has 2 nitrogen and oxygen atoms in total. The molecule has 18 heavy (non-hydrogen) atoms.